The van der Waals surface area contributed by atoms with E-state index in [-0.39, 0.29) is 18.7 Å². The molecule has 1 aromatic heterocycles. The summed E-state index contributed by atoms with van der Waals surface area (Å²) in [5.41, 5.74) is 1.46. The Kier molecular flexibility index (Phi) is 5.55. The Balaban J connectivity index is 1.82. The fraction of sp³-hybridized carbons (Fsp3) is 0.267. The number of aromatic nitrogens is 2. The molecule has 1 aromatic carbocycles. The molecule has 1 amide bonds. The molecule has 0 fully saturated rings. The minimum Gasteiger partial charge on any atom is -0.481 e. The lowest BCUT2D eigenvalue weighted by Crippen LogP contribution is -2.13. The van der Waals surface area contributed by atoms with E-state index in [9.17, 15) is 9.59 Å². The summed E-state index contributed by atoms with van der Waals surface area (Å²) in [5.74, 6) is -0.976. The second-order valence-electron chi connectivity index (χ2n) is 4.84. The molecular weight excluding hydrogens is 306 g/mol. The monoisotopic (exact) mass is 321 g/mol. The van der Waals surface area contributed by atoms with Crippen LogP contribution in [0.5, 0.6) is 0 Å². The van der Waals surface area contributed by atoms with Crippen molar-refractivity contribution in [3.63, 3.8) is 0 Å². The van der Waals surface area contributed by atoms with Gasteiger partial charge in [-0.25, -0.2) is 0 Å². The Morgan fingerprint density at radius 1 is 1.27 bits per heavy atom. The number of anilines is 1. The van der Waals surface area contributed by atoms with Gasteiger partial charge in [0.05, 0.1) is 18.3 Å². The zero-order valence-corrected chi connectivity index (χ0v) is 12.6. The summed E-state index contributed by atoms with van der Waals surface area (Å²) in [5, 5.41) is 16.0. The number of nitrogens with one attached hydrogen (secondary N) is 1. The van der Waals surface area contributed by atoms with Gasteiger partial charge in [0.25, 0.3) is 0 Å². The Hall–Kier alpha value is -2.34. The Bertz CT molecular complexity index is 652. The number of halogens is 1. The van der Waals surface area contributed by atoms with Gasteiger partial charge >= 0.3 is 5.97 Å². The van der Waals surface area contributed by atoms with Crippen molar-refractivity contribution >= 4 is 29.2 Å². The van der Waals surface area contributed by atoms with Crippen molar-refractivity contribution in [2.24, 2.45) is 0 Å². The predicted octanol–water partition coefficient (Wildman–Crippen LogP) is 2.58. The number of carboxylic acids is 1. The summed E-state index contributed by atoms with van der Waals surface area (Å²) < 4.78 is 1.61. The van der Waals surface area contributed by atoms with Crippen LogP contribution in [0.2, 0.25) is 5.02 Å². The van der Waals surface area contributed by atoms with E-state index in [4.69, 9.17) is 16.7 Å². The first-order valence-corrected chi connectivity index (χ1v) is 7.19. The van der Waals surface area contributed by atoms with Crippen LogP contribution in [0.1, 0.15) is 18.4 Å². The van der Waals surface area contributed by atoms with Gasteiger partial charge in [-0.3, -0.25) is 14.3 Å². The molecule has 0 radical (unpaired) electrons. The lowest BCUT2D eigenvalue weighted by molar-refractivity contribution is -0.137. The van der Waals surface area contributed by atoms with Crippen LogP contribution in [-0.2, 0) is 22.6 Å². The number of benzene rings is 1. The second-order valence-corrected chi connectivity index (χ2v) is 5.28. The summed E-state index contributed by atoms with van der Waals surface area (Å²) in [7, 11) is 0. The largest absolute Gasteiger partial charge is 0.481 e. The Morgan fingerprint density at radius 2 is 2.00 bits per heavy atom. The van der Waals surface area contributed by atoms with Crippen LogP contribution >= 0.6 is 11.6 Å². The van der Waals surface area contributed by atoms with Crippen LogP contribution in [0.3, 0.4) is 0 Å². The van der Waals surface area contributed by atoms with Gasteiger partial charge in [-0.2, -0.15) is 5.10 Å². The fourth-order valence-corrected chi connectivity index (χ4v) is 2.06. The molecule has 0 spiro atoms. The third-order valence-electron chi connectivity index (χ3n) is 2.97. The molecule has 22 heavy (non-hydrogen) atoms. The van der Waals surface area contributed by atoms with Gasteiger partial charge in [0, 0.05) is 24.2 Å². The Morgan fingerprint density at radius 3 is 2.68 bits per heavy atom. The number of carbonyl (C=O) groups is 2. The first-order valence-electron chi connectivity index (χ1n) is 6.81. The van der Waals surface area contributed by atoms with Crippen LogP contribution in [-0.4, -0.2) is 26.8 Å². The highest BCUT2D eigenvalue weighted by Gasteiger charge is 2.06. The van der Waals surface area contributed by atoms with Crippen LogP contribution in [0.15, 0.2) is 36.7 Å². The standard InChI is InChI=1S/C15H16ClN3O3/c16-12-5-3-11(4-6-12)8-14(20)18-13-9-17-19(10-13)7-1-2-15(21)22/h3-6,9-10H,1-2,7-8H2,(H,18,20)(H,21,22). The molecule has 2 aromatic rings. The van der Waals surface area contributed by atoms with E-state index in [1.165, 1.54) is 0 Å². The van der Waals surface area contributed by atoms with Gasteiger partial charge in [0.15, 0.2) is 0 Å². The van der Waals surface area contributed by atoms with Gasteiger partial charge in [0.2, 0.25) is 5.91 Å². The van der Waals surface area contributed by atoms with Gasteiger partial charge in [0.1, 0.15) is 0 Å². The van der Waals surface area contributed by atoms with Gasteiger partial charge in [-0.1, -0.05) is 23.7 Å². The highest BCUT2D eigenvalue weighted by Crippen LogP contribution is 2.11. The average molecular weight is 322 g/mol. The molecule has 0 unspecified atom stereocenters. The number of amides is 1. The number of aryl methyl sites for hydroxylation is 1. The molecule has 0 saturated heterocycles. The molecule has 0 aliphatic heterocycles. The molecule has 6 nitrogen and oxygen atoms in total. The SMILES string of the molecule is O=C(O)CCCn1cc(NC(=O)Cc2ccc(Cl)cc2)cn1. The van der Waals surface area contributed by atoms with Crippen molar-refractivity contribution in [3.05, 3.63) is 47.2 Å². The molecule has 2 rings (SSSR count). The van der Waals surface area contributed by atoms with Crippen molar-refractivity contribution in [1.82, 2.24) is 9.78 Å². The quantitative estimate of drug-likeness (QED) is 0.821. The van der Waals surface area contributed by atoms with Crippen molar-refractivity contribution in [1.29, 1.82) is 0 Å². The minimum atomic E-state index is -0.830. The summed E-state index contributed by atoms with van der Waals surface area (Å²) in [6, 6.07) is 7.09. The predicted molar refractivity (Wildman–Crippen MR) is 82.9 cm³/mol. The van der Waals surface area contributed by atoms with E-state index in [0.29, 0.717) is 23.7 Å². The summed E-state index contributed by atoms with van der Waals surface area (Å²) in [6.45, 7) is 0.499. The number of carboxylic acid groups (broad SMARTS) is 1. The number of nitrogens with zero attached hydrogens (tertiary/aromatic N) is 2. The summed E-state index contributed by atoms with van der Waals surface area (Å²) in [4.78, 5) is 22.4. The lowest BCUT2D eigenvalue weighted by atomic mass is 10.1. The fourth-order valence-electron chi connectivity index (χ4n) is 1.94. The number of aliphatic carboxylic acids is 1. The Labute approximate surface area is 132 Å². The molecule has 0 atom stereocenters. The van der Waals surface area contributed by atoms with Crippen molar-refractivity contribution in [2.45, 2.75) is 25.8 Å². The maximum atomic E-state index is 11.9. The van der Waals surface area contributed by atoms with Crippen LogP contribution in [0.4, 0.5) is 5.69 Å². The maximum Gasteiger partial charge on any atom is 0.303 e. The molecule has 0 aliphatic carbocycles. The number of carbonyl (C=O) groups excluding carboxylic acids is 1. The van der Waals surface area contributed by atoms with E-state index in [0.717, 1.165) is 5.56 Å². The molecule has 7 heteroatoms. The maximum absolute atomic E-state index is 11.9. The minimum absolute atomic E-state index is 0.0954. The molecular formula is C15H16ClN3O3. The third kappa shape index (κ3) is 5.21. The molecule has 0 aliphatic rings. The van der Waals surface area contributed by atoms with E-state index < -0.39 is 5.97 Å². The molecule has 116 valence electrons. The van der Waals surface area contributed by atoms with Crippen molar-refractivity contribution < 1.29 is 14.7 Å². The molecule has 2 N–H and O–H groups in total. The number of rotatable bonds is 7. The van der Waals surface area contributed by atoms with E-state index in [1.807, 2.05) is 0 Å². The van der Waals surface area contributed by atoms with Crippen molar-refractivity contribution in [2.75, 3.05) is 5.32 Å². The number of hydrogen-bond donors (Lipinski definition) is 2. The average Bonchev–Trinajstić information content (AvgIpc) is 2.88. The van der Waals surface area contributed by atoms with E-state index in [2.05, 4.69) is 10.4 Å². The summed E-state index contributed by atoms with van der Waals surface area (Å²) >= 11 is 5.79. The van der Waals surface area contributed by atoms with Crippen LogP contribution in [0.25, 0.3) is 0 Å². The zero-order valence-electron chi connectivity index (χ0n) is 11.8. The normalized spacial score (nSPS) is 10.4. The first kappa shape index (κ1) is 16.0. The van der Waals surface area contributed by atoms with Gasteiger partial charge < -0.3 is 10.4 Å². The topological polar surface area (TPSA) is 84.2 Å². The molecule has 0 bridgehead atoms. The van der Waals surface area contributed by atoms with Crippen LogP contribution < -0.4 is 5.32 Å². The highest BCUT2D eigenvalue weighted by molar-refractivity contribution is 6.30. The smallest absolute Gasteiger partial charge is 0.303 e. The van der Waals surface area contributed by atoms with Crippen molar-refractivity contribution in [3.8, 4) is 0 Å². The van der Waals surface area contributed by atoms with Gasteiger partial charge in [-0.15, -0.1) is 0 Å². The lowest BCUT2D eigenvalue weighted by Gasteiger charge is -2.03. The van der Waals surface area contributed by atoms with E-state index >= 15 is 0 Å². The first-order chi connectivity index (χ1) is 10.5. The summed E-state index contributed by atoms with van der Waals surface area (Å²) in [6.07, 6.45) is 4.07. The number of hydrogen-bond acceptors (Lipinski definition) is 3. The molecule has 1 heterocycles. The zero-order chi connectivity index (χ0) is 15.9. The third-order valence-corrected chi connectivity index (χ3v) is 3.22. The van der Waals surface area contributed by atoms with Crippen LogP contribution in [0, 0.1) is 0 Å². The van der Waals surface area contributed by atoms with E-state index in [1.54, 1.807) is 41.3 Å². The highest BCUT2D eigenvalue weighted by atomic mass is 35.5. The second kappa shape index (κ2) is 7.61. The molecule has 0 saturated carbocycles. The van der Waals surface area contributed by atoms with Gasteiger partial charge in [-0.05, 0) is 24.1 Å².